The topological polar surface area (TPSA) is 119 Å². The molecule has 1 aliphatic heterocycles. The van der Waals surface area contributed by atoms with E-state index in [9.17, 15) is 24.5 Å². The van der Waals surface area contributed by atoms with Gasteiger partial charge in [0.2, 0.25) is 0 Å². The third-order valence-corrected chi connectivity index (χ3v) is 4.50. The second-order valence-electron chi connectivity index (χ2n) is 6.39. The third kappa shape index (κ3) is 4.95. The normalized spacial score (nSPS) is 12.2. The Morgan fingerprint density at radius 3 is 2.55 bits per heavy atom. The summed E-state index contributed by atoms with van der Waals surface area (Å²) < 4.78 is 5.00. The van der Waals surface area contributed by atoms with Crippen molar-refractivity contribution in [3.63, 3.8) is 0 Å². The molecule has 150 valence electrons. The Hall–Kier alpha value is -3.75. The highest BCUT2D eigenvalue weighted by atomic mass is 16.6. The lowest BCUT2D eigenvalue weighted by Crippen LogP contribution is -2.33. The number of fused-ring (bicyclic) bond motifs is 1. The molecule has 2 amide bonds. The van der Waals surface area contributed by atoms with Gasteiger partial charge in [-0.25, -0.2) is 0 Å². The molecule has 1 heterocycles. The molecule has 9 heteroatoms. The standard InChI is InChI=1S/C20H19N3O6/c24-18(22-12-10-14-3-1-2-4-17(14)22)13-29-19(25)9-11-21-20(26)15-5-7-16(8-6-15)23(27)28/h1-8H,9-13H2,(H,21,26). The van der Waals surface area contributed by atoms with Gasteiger partial charge in [0.15, 0.2) is 6.61 Å². The van der Waals surface area contributed by atoms with E-state index < -0.39 is 16.8 Å². The van der Waals surface area contributed by atoms with Crippen LogP contribution in [0.5, 0.6) is 0 Å². The summed E-state index contributed by atoms with van der Waals surface area (Å²) in [4.78, 5) is 47.7. The maximum atomic E-state index is 12.3. The van der Waals surface area contributed by atoms with Crippen LogP contribution < -0.4 is 10.2 Å². The van der Waals surface area contributed by atoms with E-state index in [0.29, 0.717) is 6.54 Å². The molecule has 1 N–H and O–H groups in total. The Balaban J connectivity index is 1.39. The first-order chi connectivity index (χ1) is 14.0. The predicted molar refractivity (Wildman–Crippen MR) is 104 cm³/mol. The van der Waals surface area contributed by atoms with Gasteiger partial charge in [0.25, 0.3) is 17.5 Å². The van der Waals surface area contributed by atoms with Gasteiger partial charge in [-0.05, 0) is 30.2 Å². The van der Waals surface area contributed by atoms with Crippen molar-refractivity contribution >= 4 is 29.2 Å². The van der Waals surface area contributed by atoms with Gasteiger partial charge in [0.1, 0.15) is 0 Å². The average molecular weight is 397 g/mol. The summed E-state index contributed by atoms with van der Waals surface area (Å²) in [6.07, 6.45) is 0.674. The molecule has 0 saturated heterocycles. The number of anilines is 1. The minimum atomic E-state index is -0.602. The van der Waals surface area contributed by atoms with Crippen molar-refractivity contribution in [1.82, 2.24) is 5.32 Å². The molecule has 0 bridgehead atoms. The van der Waals surface area contributed by atoms with Crippen LogP contribution in [-0.2, 0) is 20.7 Å². The number of ether oxygens (including phenoxy) is 1. The van der Waals surface area contributed by atoms with Crippen molar-refractivity contribution in [3.05, 3.63) is 69.8 Å². The van der Waals surface area contributed by atoms with Crippen molar-refractivity contribution in [1.29, 1.82) is 0 Å². The van der Waals surface area contributed by atoms with Crippen molar-refractivity contribution in [2.24, 2.45) is 0 Å². The number of non-ortho nitro benzene ring substituents is 1. The molecule has 0 saturated carbocycles. The van der Waals surface area contributed by atoms with E-state index in [2.05, 4.69) is 5.32 Å². The van der Waals surface area contributed by atoms with Gasteiger partial charge in [-0.1, -0.05) is 18.2 Å². The van der Waals surface area contributed by atoms with E-state index >= 15 is 0 Å². The lowest BCUT2D eigenvalue weighted by atomic mass is 10.2. The number of carbonyl (C=O) groups excluding carboxylic acids is 3. The van der Waals surface area contributed by atoms with Gasteiger partial charge in [0, 0.05) is 36.5 Å². The number of hydrogen-bond acceptors (Lipinski definition) is 6. The number of carbonyl (C=O) groups is 3. The maximum Gasteiger partial charge on any atom is 0.308 e. The van der Waals surface area contributed by atoms with Crippen LogP contribution in [0.25, 0.3) is 0 Å². The fourth-order valence-electron chi connectivity index (χ4n) is 3.00. The van der Waals surface area contributed by atoms with Crippen molar-refractivity contribution in [2.75, 3.05) is 24.6 Å². The zero-order valence-electron chi connectivity index (χ0n) is 15.5. The quantitative estimate of drug-likeness (QED) is 0.433. The largest absolute Gasteiger partial charge is 0.455 e. The Morgan fingerprint density at radius 2 is 1.83 bits per heavy atom. The van der Waals surface area contributed by atoms with E-state index in [1.165, 1.54) is 24.3 Å². The molecule has 9 nitrogen and oxygen atoms in total. The minimum Gasteiger partial charge on any atom is -0.455 e. The summed E-state index contributed by atoms with van der Waals surface area (Å²) in [6, 6.07) is 12.7. The van der Waals surface area contributed by atoms with Crippen LogP contribution in [0.2, 0.25) is 0 Å². The summed E-state index contributed by atoms with van der Waals surface area (Å²) in [5.41, 5.74) is 2.05. The number of rotatable bonds is 7. The molecule has 2 aromatic carbocycles. The van der Waals surface area contributed by atoms with Crippen LogP contribution in [-0.4, -0.2) is 42.4 Å². The Labute approximate surface area is 166 Å². The molecule has 0 atom stereocenters. The van der Waals surface area contributed by atoms with Crippen LogP contribution in [0.1, 0.15) is 22.3 Å². The zero-order chi connectivity index (χ0) is 20.8. The van der Waals surface area contributed by atoms with E-state index in [0.717, 1.165) is 17.7 Å². The highest BCUT2D eigenvalue weighted by molar-refractivity contribution is 5.97. The van der Waals surface area contributed by atoms with Crippen LogP contribution in [0.4, 0.5) is 11.4 Å². The minimum absolute atomic E-state index is 0.0232. The summed E-state index contributed by atoms with van der Waals surface area (Å²) in [6.45, 7) is 0.222. The first-order valence-corrected chi connectivity index (χ1v) is 9.02. The smallest absolute Gasteiger partial charge is 0.308 e. The van der Waals surface area contributed by atoms with Gasteiger partial charge < -0.3 is 15.0 Å². The number of benzene rings is 2. The Kier molecular flexibility index (Phi) is 6.18. The highest BCUT2D eigenvalue weighted by Gasteiger charge is 2.24. The van der Waals surface area contributed by atoms with Crippen LogP contribution >= 0.6 is 0 Å². The number of hydrogen-bond donors (Lipinski definition) is 1. The van der Waals surface area contributed by atoms with Crippen molar-refractivity contribution in [3.8, 4) is 0 Å². The van der Waals surface area contributed by atoms with Crippen LogP contribution in [0.3, 0.4) is 0 Å². The van der Waals surface area contributed by atoms with Crippen molar-refractivity contribution in [2.45, 2.75) is 12.8 Å². The SMILES string of the molecule is O=C(CCNC(=O)c1ccc([N+](=O)[O-])cc1)OCC(=O)N1CCc2ccccc21. The number of amides is 2. The average Bonchev–Trinajstić information content (AvgIpc) is 3.16. The number of para-hydroxylation sites is 1. The third-order valence-electron chi connectivity index (χ3n) is 4.50. The Bertz CT molecular complexity index is 941. The molecule has 29 heavy (non-hydrogen) atoms. The lowest BCUT2D eigenvalue weighted by molar-refractivity contribution is -0.384. The summed E-state index contributed by atoms with van der Waals surface area (Å²) in [5, 5.41) is 13.1. The Morgan fingerprint density at radius 1 is 1.10 bits per heavy atom. The van der Waals surface area contributed by atoms with Gasteiger partial charge in [-0.3, -0.25) is 24.5 Å². The molecule has 3 rings (SSSR count). The second kappa shape index (κ2) is 8.96. The van der Waals surface area contributed by atoms with Crippen LogP contribution in [0.15, 0.2) is 48.5 Å². The first-order valence-electron chi connectivity index (χ1n) is 9.02. The monoisotopic (exact) mass is 397 g/mol. The van der Waals surface area contributed by atoms with Gasteiger partial charge in [-0.15, -0.1) is 0 Å². The zero-order valence-corrected chi connectivity index (χ0v) is 15.5. The number of esters is 1. The number of nitro benzene ring substituents is 1. The highest BCUT2D eigenvalue weighted by Crippen LogP contribution is 2.27. The molecule has 0 aliphatic carbocycles. The van der Waals surface area contributed by atoms with Gasteiger partial charge in [-0.2, -0.15) is 0 Å². The molecule has 0 spiro atoms. The molecular formula is C20H19N3O6. The molecule has 0 unspecified atom stereocenters. The van der Waals surface area contributed by atoms with E-state index in [1.807, 2.05) is 24.3 Å². The fourth-order valence-corrected chi connectivity index (χ4v) is 3.00. The predicted octanol–water partition coefficient (Wildman–Crippen LogP) is 1.85. The molecule has 0 aromatic heterocycles. The van der Waals surface area contributed by atoms with Gasteiger partial charge in [0.05, 0.1) is 11.3 Å². The van der Waals surface area contributed by atoms with E-state index in [4.69, 9.17) is 4.74 Å². The first kappa shape index (κ1) is 20.0. The molecule has 2 aromatic rings. The molecule has 0 fully saturated rings. The lowest BCUT2D eigenvalue weighted by Gasteiger charge is -2.17. The molecule has 0 radical (unpaired) electrons. The van der Waals surface area contributed by atoms with Crippen molar-refractivity contribution < 1.29 is 24.0 Å². The fraction of sp³-hybridized carbons (Fsp3) is 0.250. The molecular weight excluding hydrogens is 378 g/mol. The maximum absolute atomic E-state index is 12.3. The van der Waals surface area contributed by atoms with Gasteiger partial charge >= 0.3 is 5.97 Å². The summed E-state index contributed by atoms with van der Waals surface area (Å²) in [7, 11) is 0. The van der Waals surface area contributed by atoms with E-state index in [1.54, 1.807) is 4.90 Å². The number of nitrogens with one attached hydrogen (secondary N) is 1. The molecule has 1 aliphatic rings. The second-order valence-corrected chi connectivity index (χ2v) is 6.39. The van der Waals surface area contributed by atoms with E-state index in [-0.39, 0.29) is 36.7 Å². The van der Waals surface area contributed by atoms with Crippen LogP contribution in [0, 0.1) is 10.1 Å². The summed E-state index contributed by atoms with van der Waals surface area (Å²) >= 11 is 0. The number of nitro groups is 1. The number of nitrogens with zero attached hydrogens (tertiary/aromatic N) is 2. The summed E-state index contributed by atoms with van der Waals surface area (Å²) in [5.74, 6) is -1.36.